The minimum atomic E-state index is 0.296. The van der Waals surface area contributed by atoms with E-state index in [-0.39, 0.29) is 0 Å². The van der Waals surface area contributed by atoms with Gasteiger partial charge in [0.1, 0.15) is 0 Å². The average Bonchev–Trinajstić information content (AvgIpc) is 2.99. The van der Waals surface area contributed by atoms with Gasteiger partial charge in [0, 0.05) is 12.6 Å². The second kappa shape index (κ2) is 6.38. The maximum absolute atomic E-state index is 6.34. The second-order valence-corrected chi connectivity index (χ2v) is 6.44. The van der Waals surface area contributed by atoms with Crippen LogP contribution in [0.3, 0.4) is 0 Å². The smallest absolute Gasteiger partial charge is 0.0708 e. The summed E-state index contributed by atoms with van der Waals surface area (Å²) in [5, 5.41) is 3.71. The molecule has 1 saturated heterocycles. The fourth-order valence-electron chi connectivity index (χ4n) is 3.91. The molecule has 2 nitrogen and oxygen atoms in total. The van der Waals surface area contributed by atoms with Crippen molar-refractivity contribution in [1.82, 2.24) is 5.32 Å². The third-order valence-corrected chi connectivity index (χ3v) is 5.28. The summed E-state index contributed by atoms with van der Waals surface area (Å²) in [6.45, 7) is 7.98. The van der Waals surface area contributed by atoms with Gasteiger partial charge in [-0.25, -0.2) is 0 Å². The summed E-state index contributed by atoms with van der Waals surface area (Å²) in [5.74, 6) is 0.812. The molecule has 1 aliphatic heterocycles. The highest BCUT2D eigenvalue weighted by atomic mass is 16.5. The largest absolute Gasteiger partial charge is 0.370 e. The lowest BCUT2D eigenvalue weighted by molar-refractivity contribution is -0.0362. The molecule has 1 heterocycles. The standard InChI is InChI=1S/C16H31NO/c1-4-14(5-2)13(3)17-12-15-8-11-16(18-15)9-6-7-10-16/h13-15,17H,4-12H2,1-3H3. The minimum Gasteiger partial charge on any atom is -0.370 e. The van der Waals surface area contributed by atoms with Gasteiger partial charge >= 0.3 is 0 Å². The zero-order chi connectivity index (χ0) is 13.0. The molecule has 0 amide bonds. The topological polar surface area (TPSA) is 21.3 Å². The van der Waals surface area contributed by atoms with Crippen LogP contribution in [0.2, 0.25) is 0 Å². The molecule has 2 rings (SSSR count). The zero-order valence-electron chi connectivity index (χ0n) is 12.5. The maximum Gasteiger partial charge on any atom is 0.0708 e. The van der Waals surface area contributed by atoms with Crippen molar-refractivity contribution in [3.63, 3.8) is 0 Å². The molecule has 1 saturated carbocycles. The highest BCUT2D eigenvalue weighted by Crippen LogP contribution is 2.43. The first kappa shape index (κ1) is 14.3. The van der Waals surface area contributed by atoms with Crippen LogP contribution in [0, 0.1) is 5.92 Å². The first-order valence-corrected chi connectivity index (χ1v) is 8.10. The molecule has 106 valence electrons. The van der Waals surface area contributed by atoms with Gasteiger partial charge in [0.2, 0.25) is 0 Å². The van der Waals surface area contributed by atoms with Gasteiger partial charge in [-0.3, -0.25) is 0 Å². The fraction of sp³-hybridized carbons (Fsp3) is 1.00. The Balaban J connectivity index is 1.71. The van der Waals surface area contributed by atoms with Crippen LogP contribution in [-0.2, 0) is 4.74 Å². The predicted octanol–water partition coefficient (Wildman–Crippen LogP) is 3.89. The molecule has 1 aliphatic carbocycles. The lowest BCUT2D eigenvalue weighted by atomic mass is 9.95. The van der Waals surface area contributed by atoms with E-state index in [2.05, 4.69) is 26.1 Å². The fourth-order valence-corrected chi connectivity index (χ4v) is 3.91. The molecular formula is C16H31NO. The van der Waals surface area contributed by atoms with E-state index < -0.39 is 0 Å². The van der Waals surface area contributed by atoms with E-state index in [0.29, 0.717) is 17.7 Å². The van der Waals surface area contributed by atoms with Crippen molar-refractivity contribution < 1.29 is 4.74 Å². The van der Waals surface area contributed by atoms with Gasteiger partial charge in [0.05, 0.1) is 11.7 Å². The first-order valence-electron chi connectivity index (χ1n) is 8.10. The number of ether oxygens (including phenoxy) is 1. The Morgan fingerprint density at radius 2 is 1.83 bits per heavy atom. The Kier molecular flexibility index (Phi) is 5.08. The van der Waals surface area contributed by atoms with Gasteiger partial charge in [0.15, 0.2) is 0 Å². The summed E-state index contributed by atoms with van der Waals surface area (Å²) < 4.78 is 6.34. The SMILES string of the molecule is CCC(CC)C(C)NCC1CCC2(CCCC2)O1. The Bertz CT molecular complexity index is 243. The maximum atomic E-state index is 6.34. The molecule has 0 bridgehead atoms. The van der Waals surface area contributed by atoms with Crippen molar-refractivity contribution in [3.05, 3.63) is 0 Å². The summed E-state index contributed by atoms with van der Waals surface area (Å²) in [6, 6.07) is 0.628. The normalized spacial score (nSPS) is 28.3. The molecule has 2 fully saturated rings. The van der Waals surface area contributed by atoms with E-state index in [0.717, 1.165) is 12.5 Å². The average molecular weight is 253 g/mol. The van der Waals surface area contributed by atoms with Gasteiger partial charge < -0.3 is 10.1 Å². The van der Waals surface area contributed by atoms with E-state index in [4.69, 9.17) is 4.74 Å². The van der Waals surface area contributed by atoms with Crippen LogP contribution in [0.4, 0.5) is 0 Å². The molecule has 2 unspecified atom stereocenters. The second-order valence-electron chi connectivity index (χ2n) is 6.44. The number of nitrogens with one attached hydrogen (secondary N) is 1. The van der Waals surface area contributed by atoms with E-state index in [1.165, 1.54) is 51.4 Å². The summed E-state index contributed by atoms with van der Waals surface area (Å²) in [6.07, 6.45) is 11.0. The van der Waals surface area contributed by atoms with E-state index in [9.17, 15) is 0 Å². The first-order chi connectivity index (χ1) is 8.69. The van der Waals surface area contributed by atoms with Crippen LogP contribution in [0.1, 0.15) is 72.1 Å². The van der Waals surface area contributed by atoms with Crippen LogP contribution >= 0.6 is 0 Å². The number of hydrogen-bond acceptors (Lipinski definition) is 2. The lowest BCUT2D eigenvalue weighted by Gasteiger charge is -2.26. The Hall–Kier alpha value is -0.0800. The predicted molar refractivity (Wildman–Crippen MR) is 76.8 cm³/mol. The van der Waals surface area contributed by atoms with Crippen LogP contribution in [0.25, 0.3) is 0 Å². The Morgan fingerprint density at radius 1 is 1.17 bits per heavy atom. The van der Waals surface area contributed by atoms with Gasteiger partial charge in [-0.05, 0) is 38.5 Å². The van der Waals surface area contributed by atoms with Crippen molar-refractivity contribution in [2.45, 2.75) is 89.9 Å². The van der Waals surface area contributed by atoms with Gasteiger partial charge in [-0.2, -0.15) is 0 Å². The quantitative estimate of drug-likeness (QED) is 0.775. The monoisotopic (exact) mass is 253 g/mol. The molecule has 18 heavy (non-hydrogen) atoms. The summed E-state index contributed by atoms with van der Waals surface area (Å²) in [4.78, 5) is 0. The third-order valence-electron chi connectivity index (χ3n) is 5.28. The van der Waals surface area contributed by atoms with Crippen molar-refractivity contribution in [2.24, 2.45) is 5.92 Å². The van der Waals surface area contributed by atoms with Crippen LogP contribution < -0.4 is 5.32 Å². The molecule has 2 atom stereocenters. The molecule has 1 spiro atoms. The minimum absolute atomic E-state index is 0.296. The molecule has 1 N–H and O–H groups in total. The zero-order valence-corrected chi connectivity index (χ0v) is 12.5. The summed E-state index contributed by atoms with van der Waals surface area (Å²) in [5.41, 5.74) is 0.296. The highest BCUT2D eigenvalue weighted by molar-refractivity contribution is 4.93. The van der Waals surface area contributed by atoms with Crippen LogP contribution in [0.5, 0.6) is 0 Å². The van der Waals surface area contributed by atoms with E-state index in [1.54, 1.807) is 0 Å². The van der Waals surface area contributed by atoms with Gasteiger partial charge in [-0.15, -0.1) is 0 Å². The van der Waals surface area contributed by atoms with Crippen molar-refractivity contribution in [1.29, 1.82) is 0 Å². The van der Waals surface area contributed by atoms with Gasteiger partial charge in [0.25, 0.3) is 0 Å². The molecule has 0 aromatic carbocycles. The highest BCUT2D eigenvalue weighted by Gasteiger charge is 2.41. The van der Waals surface area contributed by atoms with Crippen molar-refractivity contribution in [2.75, 3.05) is 6.54 Å². The number of hydrogen-bond donors (Lipinski definition) is 1. The summed E-state index contributed by atoms with van der Waals surface area (Å²) in [7, 11) is 0. The summed E-state index contributed by atoms with van der Waals surface area (Å²) >= 11 is 0. The van der Waals surface area contributed by atoms with Crippen molar-refractivity contribution >= 4 is 0 Å². The Morgan fingerprint density at radius 3 is 2.44 bits per heavy atom. The van der Waals surface area contributed by atoms with E-state index in [1.807, 2.05) is 0 Å². The van der Waals surface area contributed by atoms with Crippen molar-refractivity contribution in [3.8, 4) is 0 Å². The number of rotatable bonds is 6. The molecule has 0 radical (unpaired) electrons. The van der Waals surface area contributed by atoms with Gasteiger partial charge in [-0.1, -0.05) is 39.5 Å². The molecule has 0 aromatic rings. The van der Waals surface area contributed by atoms with Crippen LogP contribution in [-0.4, -0.2) is 24.3 Å². The van der Waals surface area contributed by atoms with E-state index >= 15 is 0 Å². The lowest BCUT2D eigenvalue weighted by Crippen LogP contribution is -2.39. The molecule has 0 aromatic heterocycles. The van der Waals surface area contributed by atoms with Crippen LogP contribution in [0.15, 0.2) is 0 Å². The molecular weight excluding hydrogens is 222 g/mol. The molecule has 2 aliphatic rings. The Labute approximate surface area is 113 Å². The molecule has 2 heteroatoms. The third kappa shape index (κ3) is 3.27.